The zero-order valence-corrected chi connectivity index (χ0v) is 10.3. The Balaban J connectivity index is 1.67. The van der Waals surface area contributed by atoms with Crippen molar-refractivity contribution in [1.82, 2.24) is 14.5 Å². The van der Waals surface area contributed by atoms with Crippen LogP contribution in [-0.4, -0.2) is 32.8 Å². The molecule has 4 rings (SSSR count). The molecule has 5 nitrogen and oxygen atoms in total. The number of fused-ring (bicyclic) bond motifs is 3. The van der Waals surface area contributed by atoms with Crippen molar-refractivity contribution in [2.75, 3.05) is 5.32 Å². The molecule has 0 spiro atoms. The summed E-state index contributed by atoms with van der Waals surface area (Å²) in [5.74, 6) is 0.884. The summed E-state index contributed by atoms with van der Waals surface area (Å²) < 4.78 is 7.87. The molecule has 0 aliphatic carbocycles. The lowest BCUT2D eigenvalue weighted by molar-refractivity contribution is 0.102. The number of pyridine rings is 1. The van der Waals surface area contributed by atoms with Crippen LogP contribution in [0.5, 0.6) is 0 Å². The van der Waals surface area contributed by atoms with Crippen molar-refractivity contribution < 1.29 is 4.74 Å². The number of nitrogens with zero attached hydrogens (tertiary/aromatic N) is 3. The van der Waals surface area contributed by atoms with Crippen molar-refractivity contribution in [3.05, 3.63) is 18.6 Å². The molecular formula is C13H16N4O. The van der Waals surface area contributed by atoms with Crippen LogP contribution in [0.4, 0.5) is 5.82 Å². The summed E-state index contributed by atoms with van der Waals surface area (Å²) in [6, 6.07) is 2.38. The van der Waals surface area contributed by atoms with Gasteiger partial charge in [0.15, 0.2) is 5.82 Å². The van der Waals surface area contributed by atoms with Gasteiger partial charge in [0.25, 0.3) is 0 Å². The molecule has 1 N–H and O–H groups in total. The van der Waals surface area contributed by atoms with E-state index in [2.05, 4.69) is 15.3 Å². The van der Waals surface area contributed by atoms with Gasteiger partial charge >= 0.3 is 0 Å². The van der Waals surface area contributed by atoms with Crippen LogP contribution in [0.25, 0.3) is 11.0 Å². The van der Waals surface area contributed by atoms with E-state index < -0.39 is 0 Å². The first kappa shape index (κ1) is 10.3. The third-order valence-corrected chi connectivity index (χ3v) is 4.07. The summed E-state index contributed by atoms with van der Waals surface area (Å²) in [6.07, 6.45) is 7.95. The van der Waals surface area contributed by atoms with Crippen LogP contribution in [0.2, 0.25) is 0 Å². The summed E-state index contributed by atoms with van der Waals surface area (Å²) >= 11 is 0. The molecule has 2 aromatic heterocycles. The largest absolute Gasteiger partial charge is 0.373 e. The fourth-order valence-electron chi connectivity index (χ4n) is 3.13. The number of imidazole rings is 1. The van der Waals surface area contributed by atoms with E-state index in [9.17, 15) is 0 Å². The molecule has 5 heteroatoms. The van der Waals surface area contributed by atoms with Crippen LogP contribution >= 0.6 is 0 Å². The van der Waals surface area contributed by atoms with Crippen molar-refractivity contribution >= 4 is 16.9 Å². The van der Waals surface area contributed by atoms with E-state index in [0.29, 0.717) is 18.2 Å². The van der Waals surface area contributed by atoms with E-state index in [0.717, 1.165) is 23.3 Å². The molecule has 0 aromatic carbocycles. The Morgan fingerprint density at radius 3 is 3.11 bits per heavy atom. The summed E-state index contributed by atoms with van der Waals surface area (Å²) in [6.45, 7) is 0. The van der Waals surface area contributed by atoms with E-state index in [-0.39, 0.29) is 0 Å². The molecule has 2 aliphatic heterocycles. The minimum Gasteiger partial charge on any atom is -0.373 e. The number of ether oxygens (including phenoxy) is 1. The maximum absolute atomic E-state index is 5.86. The number of hydrogen-bond acceptors (Lipinski definition) is 4. The van der Waals surface area contributed by atoms with Gasteiger partial charge in [0.1, 0.15) is 5.52 Å². The Hall–Kier alpha value is -1.62. The number of rotatable bonds is 2. The Bertz CT molecular complexity index is 594. The lowest BCUT2D eigenvalue weighted by atomic mass is 9.95. The van der Waals surface area contributed by atoms with Gasteiger partial charge in [-0.25, -0.2) is 9.97 Å². The van der Waals surface area contributed by atoms with E-state index in [1.54, 1.807) is 0 Å². The molecule has 2 fully saturated rings. The summed E-state index contributed by atoms with van der Waals surface area (Å²) in [5.41, 5.74) is 2.05. The Labute approximate surface area is 105 Å². The molecule has 18 heavy (non-hydrogen) atoms. The van der Waals surface area contributed by atoms with Crippen molar-refractivity contribution in [2.45, 2.75) is 37.5 Å². The predicted octanol–water partition coefficient (Wildman–Crippen LogP) is 1.70. The molecule has 2 bridgehead atoms. The normalized spacial score (nSPS) is 30.2. The first-order valence-corrected chi connectivity index (χ1v) is 6.49. The molecule has 3 unspecified atom stereocenters. The molecule has 2 aromatic rings. The van der Waals surface area contributed by atoms with Crippen molar-refractivity contribution in [1.29, 1.82) is 0 Å². The van der Waals surface area contributed by atoms with Crippen molar-refractivity contribution in [3.8, 4) is 0 Å². The van der Waals surface area contributed by atoms with Crippen LogP contribution in [0.1, 0.15) is 19.3 Å². The third kappa shape index (κ3) is 1.43. The lowest BCUT2D eigenvalue weighted by Gasteiger charge is -2.20. The van der Waals surface area contributed by atoms with Crippen LogP contribution in [0, 0.1) is 0 Å². The highest BCUT2D eigenvalue weighted by Crippen LogP contribution is 2.36. The fourth-order valence-corrected chi connectivity index (χ4v) is 3.13. The number of aromatic nitrogens is 3. The van der Waals surface area contributed by atoms with Crippen molar-refractivity contribution in [3.63, 3.8) is 0 Å². The zero-order valence-electron chi connectivity index (χ0n) is 10.3. The van der Waals surface area contributed by atoms with Crippen LogP contribution in [-0.2, 0) is 11.8 Å². The van der Waals surface area contributed by atoms with Gasteiger partial charge in [-0.15, -0.1) is 0 Å². The van der Waals surface area contributed by atoms with Crippen LogP contribution in [0.3, 0.4) is 0 Å². The zero-order chi connectivity index (χ0) is 12.1. The quantitative estimate of drug-likeness (QED) is 0.873. The average molecular weight is 244 g/mol. The second kappa shape index (κ2) is 3.68. The predicted molar refractivity (Wildman–Crippen MR) is 68.4 cm³/mol. The van der Waals surface area contributed by atoms with Crippen LogP contribution < -0.4 is 5.32 Å². The number of nitrogens with one attached hydrogen (secondary N) is 1. The monoisotopic (exact) mass is 244 g/mol. The topological polar surface area (TPSA) is 52.0 Å². The van der Waals surface area contributed by atoms with Gasteiger partial charge in [0.2, 0.25) is 0 Å². The molecule has 0 amide bonds. The Morgan fingerprint density at radius 2 is 2.33 bits per heavy atom. The van der Waals surface area contributed by atoms with E-state index in [1.807, 2.05) is 30.2 Å². The Kier molecular flexibility index (Phi) is 2.11. The van der Waals surface area contributed by atoms with Gasteiger partial charge in [-0.05, 0) is 25.3 Å². The molecule has 2 saturated heterocycles. The Morgan fingerprint density at radius 1 is 1.39 bits per heavy atom. The second-order valence-corrected chi connectivity index (χ2v) is 5.24. The average Bonchev–Trinajstić information content (AvgIpc) is 3.06. The molecule has 94 valence electrons. The van der Waals surface area contributed by atoms with Crippen LogP contribution in [0.15, 0.2) is 18.6 Å². The highest BCUT2D eigenvalue weighted by molar-refractivity contribution is 5.85. The standard InChI is InChI=1S/C13H16N4O/c1-17-7-15-12-10(17)4-5-14-13(12)16-9-6-8-2-3-11(9)18-8/h4-5,7-9,11H,2-3,6H2,1H3,(H,14,16). The van der Waals surface area contributed by atoms with Gasteiger partial charge in [-0.3, -0.25) is 0 Å². The fraction of sp³-hybridized carbons (Fsp3) is 0.538. The van der Waals surface area contributed by atoms with Gasteiger partial charge in [0, 0.05) is 13.2 Å². The SMILES string of the molecule is Cn1cnc2c(NC3CC4CCC3O4)nccc21. The summed E-state index contributed by atoms with van der Waals surface area (Å²) in [7, 11) is 2.00. The molecule has 0 radical (unpaired) electrons. The minimum atomic E-state index is 0.357. The molecule has 0 saturated carbocycles. The lowest BCUT2D eigenvalue weighted by Crippen LogP contribution is -2.30. The van der Waals surface area contributed by atoms with Gasteiger partial charge in [-0.2, -0.15) is 0 Å². The van der Waals surface area contributed by atoms with Gasteiger partial charge in [0.05, 0.1) is 30.1 Å². The molecule has 4 heterocycles. The highest BCUT2D eigenvalue weighted by Gasteiger charge is 2.41. The maximum Gasteiger partial charge on any atom is 0.154 e. The van der Waals surface area contributed by atoms with Gasteiger partial charge < -0.3 is 14.6 Å². The number of hydrogen-bond donors (Lipinski definition) is 1. The van der Waals surface area contributed by atoms with Crippen molar-refractivity contribution in [2.24, 2.45) is 7.05 Å². The maximum atomic E-state index is 5.86. The smallest absolute Gasteiger partial charge is 0.154 e. The number of aryl methyl sites for hydroxylation is 1. The second-order valence-electron chi connectivity index (χ2n) is 5.24. The summed E-state index contributed by atoms with van der Waals surface area (Å²) in [5, 5.41) is 3.52. The van der Waals surface area contributed by atoms with E-state index >= 15 is 0 Å². The minimum absolute atomic E-state index is 0.357. The first-order chi connectivity index (χ1) is 8.81. The molecule has 2 aliphatic rings. The summed E-state index contributed by atoms with van der Waals surface area (Å²) in [4.78, 5) is 8.84. The van der Waals surface area contributed by atoms with E-state index in [4.69, 9.17) is 4.74 Å². The molecule has 3 atom stereocenters. The third-order valence-electron chi connectivity index (χ3n) is 4.07. The molecular weight excluding hydrogens is 228 g/mol. The van der Waals surface area contributed by atoms with Gasteiger partial charge in [-0.1, -0.05) is 0 Å². The first-order valence-electron chi connectivity index (χ1n) is 6.49. The van der Waals surface area contributed by atoms with E-state index in [1.165, 1.54) is 12.8 Å². The highest BCUT2D eigenvalue weighted by atomic mass is 16.5. The number of anilines is 1.